The first-order valence-corrected chi connectivity index (χ1v) is 9.19. The lowest BCUT2D eigenvalue weighted by atomic mass is 9.86. The maximum atomic E-state index is 12.5. The number of aliphatic hydroxyl groups excluding tert-OH is 1. The molecule has 4 rings (SSSR count). The number of carbonyl (C=O) groups is 1. The number of ether oxygens (including phenoxy) is 1. The minimum Gasteiger partial charge on any atom is -0.504 e. The number of esters is 1. The first kappa shape index (κ1) is 16.6. The second kappa shape index (κ2) is 7.20. The van der Waals surface area contributed by atoms with E-state index in [1.54, 1.807) is 0 Å². The summed E-state index contributed by atoms with van der Waals surface area (Å²) in [6, 6.07) is 20.1. The predicted octanol–water partition coefficient (Wildman–Crippen LogP) is 5.07. The van der Waals surface area contributed by atoms with E-state index in [9.17, 15) is 9.90 Å². The lowest BCUT2D eigenvalue weighted by molar-refractivity contribution is -0.133. The number of allylic oxidation sites excluding steroid dienone is 1. The van der Waals surface area contributed by atoms with Crippen LogP contribution in [0.25, 0.3) is 0 Å². The highest BCUT2D eigenvalue weighted by atomic mass is 16.6. The first-order valence-electron chi connectivity index (χ1n) is 9.19. The lowest BCUT2D eigenvalue weighted by Crippen LogP contribution is -2.12. The van der Waals surface area contributed by atoms with Crippen LogP contribution in [0.5, 0.6) is 0 Å². The summed E-state index contributed by atoms with van der Waals surface area (Å²) >= 11 is 0. The minimum atomic E-state index is -0.408. The number of hydrogen-bond donors (Lipinski definition) is 1. The van der Waals surface area contributed by atoms with Crippen LogP contribution in [0.1, 0.15) is 36.3 Å². The minimum absolute atomic E-state index is 0.0174. The zero-order valence-corrected chi connectivity index (χ0v) is 14.6. The number of aliphatic hydroxyl groups is 1. The van der Waals surface area contributed by atoms with E-state index in [0.717, 1.165) is 24.8 Å². The van der Waals surface area contributed by atoms with E-state index in [0.29, 0.717) is 23.7 Å². The Morgan fingerprint density at radius 3 is 2.35 bits per heavy atom. The van der Waals surface area contributed by atoms with Gasteiger partial charge in [0.05, 0.1) is 5.57 Å². The van der Waals surface area contributed by atoms with E-state index in [2.05, 4.69) is 12.1 Å². The fraction of sp³-hybridized carbons (Fsp3) is 0.261. The van der Waals surface area contributed by atoms with Crippen LogP contribution >= 0.6 is 0 Å². The van der Waals surface area contributed by atoms with Crippen LogP contribution in [0.2, 0.25) is 0 Å². The SMILES string of the molecule is O=C1OC(=CCCc2ccccc2)C(O)=C1C(c1ccccc1)C1CC1. The molecule has 1 aliphatic heterocycles. The van der Waals surface area contributed by atoms with Crippen LogP contribution in [0, 0.1) is 5.92 Å². The zero-order valence-electron chi connectivity index (χ0n) is 14.6. The van der Waals surface area contributed by atoms with Crippen LogP contribution in [-0.4, -0.2) is 11.1 Å². The molecule has 1 heterocycles. The van der Waals surface area contributed by atoms with Gasteiger partial charge in [-0.3, -0.25) is 0 Å². The predicted molar refractivity (Wildman–Crippen MR) is 100 cm³/mol. The van der Waals surface area contributed by atoms with Crippen molar-refractivity contribution >= 4 is 5.97 Å². The van der Waals surface area contributed by atoms with E-state index in [1.807, 2.05) is 54.6 Å². The van der Waals surface area contributed by atoms with E-state index >= 15 is 0 Å². The van der Waals surface area contributed by atoms with Gasteiger partial charge in [0.2, 0.25) is 0 Å². The van der Waals surface area contributed by atoms with Gasteiger partial charge in [-0.15, -0.1) is 0 Å². The molecule has 1 N–H and O–H groups in total. The summed E-state index contributed by atoms with van der Waals surface area (Å²) in [5, 5.41) is 10.7. The van der Waals surface area contributed by atoms with Gasteiger partial charge in [-0.05, 0) is 48.8 Å². The molecule has 1 fully saturated rings. The van der Waals surface area contributed by atoms with E-state index in [1.165, 1.54) is 5.56 Å². The third kappa shape index (κ3) is 3.43. The fourth-order valence-corrected chi connectivity index (χ4v) is 3.62. The Morgan fingerprint density at radius 2 is 1.69 bits per heavy atom. The fourth-order valence-electron chi connectivity index (χ4n) is 3.62. The molecule has 0 saturated heterocycles. The monoisotopic (exact) mass is 346 g/mol. The summed E-state index contributed by atoms with van der Waals surface area (Å²) in [7, 11) is 0. The molecule has 132 valence electrons. The molecule has 26 heavy (non-hydrogen) atoms. The summed E-state index contributed by atoms with van der Waals surface area (Å²) in [5.41, 5.74) is 2.71. The molecule has 0 spiro atoms. The third-order valence-corrected chi connectivity index (χ3v) is 5.08. The molecule has 3 heteroatoms. The molecule has 0 amide bonds. The van der Waals surface area contributed by atoms with Crippen LogP contribution in [-0.2, 0) is 16.0 Å². The van der Waals surface area contributed by atoms with Gasteiger partial charge >= 0.3 is 5.97 Å². The van der Waals surface area contributed by atoms with Crippen molar-refractivity contribution in [2.75, 3.05) is 0 Å². The van der Waals surface area contributed by atoms with Crippen LogP contribution in [0.4, 0.5) is 0 Å². The van der Waals surface area contributed by atoms with Crippen molar-refractivity contribution in [1.82, 2.24) is 0 Å². The summed E-state index contributed by atoms with van der Waals surface area (Å²) in [6.45, 7) is 0. The standard InChI is InChI=1S/C23H22O3/c24-22-19(13-7-10-16-8-3-1-4-9-16)26-23(25)21(22)20(18-14-15-18)17-11-5-2-6-12-17/h1-6,8-9,11-13,18,20,24H,7,10,14-15H2. The first-order chi connectivity index (χ1) is 12.7. The molecule has 2 aliphatic rings. The zero-order chi connectivity index (χ0) is 17.9. The Balaban J connectivity index is 1.57. The number of hydrogen-bond acceptors (Lipinski definition) is 3. The smallest absolute Gasteiger partial charge is 0.344 e. The number of rotatable bonds is 6. The highest BCUT2D eigenvalue weighted by molar-refractivity contribution is 5.95. The molecule has 2 aromatic rings. The molecule has 2 aromatic carbocycles. The largest absolute Gasteiger partial charge is 0.504 e. The third-order valence-electron chi connectivity index (χ3n) is 5.08. The molecule has 0 radical (unpaired) electrons. The topological polar surface area (TPSA) is 46.5 Å². The van der Waals surface area contributed by atoms with Crippen LogP contribution < -0.4 is 0 Å². The van der Waals surface area contributed by atoms with Crippen LogP contribution in [0.3, 0.4) is 0 Å². The summed E-state index contributed by atoms with van der Waals surface area (Å²) in [6.07, 6.45) is 5.54. The Hall–Kier alpha value is -2.81. The molecule has 1 atom stereocenters. The highest BCUT2D eigenvalue weighted by Crippen LogP contribution is 2.49. The van der Waals surface area contributed by atoms with Gasteiger partial charge in [-0.25, -0.2) is 4.79 Å². The summed E-state index contributed by atoms with van der Waals surface area (Å²) in [5.74, 6) is 0.245. The van der Waals surface area contributed by atoms with Crippen molar-refractivity contribution in [2.45, 2.75) is 31.6 Å². The van der Waals surface area contributed by atoms with Gasteiger partial charge in [0, 0.05) is 5.92 Å². The maximum Gasteiger partial charge on any atom is 0.344 e. The molecular formula is C23H22O3. The van der Waals surface area contributed by atoms with Crippen molar-refractivity contribution < 1.29 is 14.6 Å². The number of cyclic esters (lactones) is 1. The molecule has 3 nitrogen and oxygen atoms in total. The van der Waals surface area contributed by atoms with Gasteiger partial charge in [0.15, 0.2) is 11.5 Å². The Bertz CT molecular complexity index is 846. The highest BCUT2D eigenvalue weighted by Gasteiger charge is 2.43. The quantitative estimate of drug-likeness (QED) is 0.743. The van der Waals surface area contributed by atoms with Crippen molar-refractivity contribution in [2.24, 2.45) is 5.92 Å². The second-order valence-corrected chi connectivity index (χ2v) is 6.97. The number of aryl methyl sites for hydroxylation is 1. The molecule has 1 unspecified atom stereocenters. The maximum absolute atomic E-state index is 12.5. The van der Waals surface area contributed by atoms with E-state index in [4.69, 9.17) is 4.74 Å². The van der Waals surface area contributed by atoms with Gasteiger partial charge in [-0.1, -0.05) is 60.7 Å². The number of benzene rings is 2. The molecule has 0 aromatic heterocycles. The molecule has 1 aliphatic carbocycles. The second-order valence-electron chi connectivity index (χ2n) is 6.97. The number of carbonyl (C=O) groups excluding carboxylic acids is 1. The van der Waals surface area contributed by atoms with E-state index < -0.39 is 5.97 Å². The van der Waals surface area contributed by atoms with Gasteiger partial charge in [-0.2, -0.15) is 0 Å². The Morgan fingerprint density at radius 1 is 1.04 bits per heavy atom. The molecule has 1 saturated carbocycles. The average Bonchev–Trinajstić information content (AvgIpc) is 3.46. The Labute approximate surface area is 153 Å². The summed E-state index contributed by atoms with van der Waals surface area (Å²) in [4.78, 5) is 12.5. The molecular weight excluding hydrogens is 324 g/mol. The van der Waals surface area contributed by atoms with E-state index in [-0.39, 0.29) is 11.7 Å². The summed E-state index contributed by atoms with van der Waals surface area (Å²) < 4.78 is 5.40. The van der Waals surface area contributed by atoms with Crippen molar-refractivity contribution in [1.29, 1.82) is 0 Å². The Kier molecular flexibility index (Phi) is 4.61. The molecule has 0 bridgehead atoms. The van der Waals surface area contributed by atoms with Crippen molar-refractivity contribution in [3.8, 4) is 0 Å². The van der Waals surface area contributed by atoms with Gasteiger partial charge < -0.3 is 9.84 Å². The van der Waals surface area contributed by atoms with Gasteiger partial charge in [0.25, 0.3) is 0 Å². The average molecular weight is 346 g/mol. The normalized spacial score (nSPS) is 19.7. The van der Waals surface area contributed by atoms with Crippen LogP contribution in [0.15, 0.2) is 83.8 Å². The van der Waals surface area contributed by atoms with Gasteiger partial charge in [0.1, 0.15) is 0 Å². The van der Waals surface area contributed by atoms with Crippen molar-refractivity contribution in [3.05, 3.63) is 95.0 Å². The van der Waals surface area contributed by atoms with Crippen molar-refractivity contribution in [3.63, 3.8) is 0 Å². The lowest BCUT2D eigenvalue weighted by Gasteiger charge is -2.16.